The minimum absolute atomic E-state index is 0.226. The second-order valence-electron chi connectivity index (χ2n) is 4.84. The Bertz CT molecular complexity index is 205. The Kier molecular flexibility index (Phi) is 4.93. The molecule has 1 fully saturated rings. The van der Waals surface area contributed by atoms with Crippen LogP contribution in [-0.2, 0) is 4.79 Å². The minimum atomic E-state index is -0.226. The van der Waals surface area contributed by atoms with Crippen LogP contribution in [0.15, 0.2) is 0 Å². The summed E-state index contributed by atoms with van der Waals surface area (Å²) in [5, 5.41) is 0. The number of hydrogen-bond donors (Lipinski definition) is 1. The number of nitrogens with zero attached hydrogens (tertiary/aromatic N) is 1. The van der Waals surface area contributed by atoms with Crippen molar-refractivity contribution in [1.29, 1.82) is 0 Å². The summed E-state index contributed by atoms with van der Waals surface area (Å²) in [6.45, 7) is 5.78. The minimum Gasteiger partial charge on any atom is -0.342 e. The van der Waals surface area contributed by atoms with Gasteiger partial charge in [0.05, 0.1) is 0 Å². The molecule has 15 heavy (non-hydrogen) atoms. The van der Waals surface area contributed by atoms with Gasteiger partial charge in [-0.3, -0.25) is 4.79 Å². The highest BCUT2D eigenvalue weighted by molar-refractivity contribution is 7.99. The smallest absolute Gasteiger partial charge is 0.222 e. The van der Waals surface area contributed by atoms with Crippen LogP contribution >= 0.6 is 11.8 Å². The SMILES string of the molecule is CC(C)(N)CCC(=O)N1CCCSCC1. The molecular formula is C11H22N2OS. The summed E-state index contributed by atoms with van der Waals surface area (Å²) >= 11 is 1.94. The van der Waals surface area contributed by atoms with E-state index in [1.54, 1.807) is 0 Å². The molecule has 4 heteroatoms. The van der Waals surface area contributed by atoms with Gasteiger partial charge in [0.25, 0.3) is 0 Å². The van der Waals surface area contributed by atoms with E-state index in [0.29, 0.717) is 6.42 Å². The molecule has 1 aliphatic rings. The average Bonchev–Trinajstić information content (AvgIpc) is 2.41. The van der Waals surface area contributed by atoms with Crippen molar-refractivity contribution in [2.45, 2.75) is 38.6 Å². The predicted octanol–water partition coefficient (Wildman–Crippen LogP) is 1.47. The zero-order chi connectivity index (χ0) is 11.3. The van der Waals surface area contributed by atoms with Crippen LogP contribution in [0.5, 0.6) is 0 Å². The molecule has 0 spiro atoms. The molecule has 0 saturated carbocycles. The topological polar surface area (TPSA) is 46.3 Å². The van der Waals surface area contributed by atoms with Gasteiger partial charge in [0, 0.05) is 30.8 Å². The van der Waals surface area contributed by atoms with Gasteiger partial charge in [0.15, 0.2) is 0 Å². The van der Waals surface area contributed by atoms with Gasteiger partial charge < -0.3 is 10.6 Å². The molecule has 2 N–H and O–H groups in total. The van der Waals surface area contributed by atoms with Crippen LogP contribution in [0.1, 0.15) is 33.1 Å². The van der Waals surface area contributed by atoms with E-state index in [0.717, 1.165) is 31.7 Å². The monoisotopic (exact) mass is 230 g/mol. The summed E-state index contributed by atoms with van der Waals surface area (Å²) in [5.74, 6) is 2.54. The molecule has 1 amide bonds. The molecule has 88 valence electrons. The number of carbonyl (C=O) groups is 1. The van der Waals surface area contributed by atoms with Crippen molar-refractivity contribution < 1.29 is 4.79 Å². The molecule has 1 saturated heterocycles. The summed E-state index contributed by atoms with van der Waals surface area (Å²) in [6.07, 6.45) is 2.49. The number of carbonyl (C=O) groups excluding carboxylic acids is 1. The molecule has 0 aliphatic carbocycles. The van der Waals surface area contributed by atoms with Crippen LogP contribution in [-0.4, -0.2) is 40.9 Å². The molecule has 3 nitrogen and oxygen atoms in total. The fourth-order valence-corrected chi connectivity index (χ4v) is 2.47. The zero-order valence-corrected chi connectivity index (χ0v) is 10.6. The highest BCUT2D eigenvalue weighted by atomic mass is 32.2. The first-order valence-corrected chi connectivity index (χ1v) is 6.79. The lowest BCUT2D eigenvalue weighted by Gasteiger charge is -2.23. The van der Waals surface area contributed by atoms with Crippen molar-refractivity contribution in [3.8, 4) is 0 Å². The van der Waals surface area contributed by atoms with Gasteiger partial charge >= 0.3 is 0 Å². The van der Waals surface area contributed by atoms with E-state index in [1.807, 2.05) is 30.5 Å². The normalized spacial score (nSPS) is 18.7. The molecule has 0 bridgehead atoms. The van der Waals surface area contributed by atoms with Crippen molar-refractivity contribution in [2.75, 3.05) is 24.6 Å². The van der Waals surface area contributed by atoms with Gasteiger partial charge in [-0.1, -0.05) is 0 Å². The highest BCUT2D eigenvalue weighted by Crippen LogP contribution is 2.13. The van der Waals surface area contributed by atoms with Crippen molar-refractivity contribution in [3.63, 3.8) is 0 Å². The second kappa shape index (κ2) is 5.75. The average molecular weight is 230 g/mol. The van der Waals surface area contributed by atoms with Gasteiger partial charge in [0.1, 0.15) is 0 Å². The number of thioether (sulfide) groups is 1. The summed E-state index contributed by atoms with van der Waals surface area (Å²) in [5.41, 5.74) is 5.64. The maximum atomic E-state index is 11.9. The third-order valence-electron chi connectivity index (χ3n) is 2.56. The number of rotatable bonds is 3. The van der Waals surface area contributed by atoms with Gasteiger partial charge in [-0.25, -0.2) is 0 Å². The maximum Gasteiger partial charge on any atom is 0.222 e. The molecule has 1 aliphatic heterocycles. The van der Waals surface area contributed by atoms with Gasteiger partial charge in [-0.05, 0) is 32.4 Å². The quantitative estimate of drug-likeness (QED) is 0.798. The van der Waals surface area contributed by atoms with E-state index in [4.69, 9.17) is 5.73 Å². The first-order chi connectivity index (χ1) is 6.99. The van der Waals surface area contributed by atoms with Crippen LogP contribution in [0.25, 0.3) is 0 Å². The maximum absolute atomic E-state index is 11.9. The number of amides is 1. The highest BCUT2D eigenvalue weighted by Gasteiger charge is 2.18. The van der Waals surface area contributed by atoms with E-state index < -0.39 is 0 Å². The largest absolute Gasteiger partial charge is 0.342 e. The van der Waals surface area contributed by atoms with Crippen molar-refractivity contribution >= 4 is 17.7 Å². The molecule has 0 unspecified atom stereocenters. The molecular weight excluding hydrogens is 208 g/mol. The van der Waals surface area contributed by atoms with Crippen LogP contribution in [0, 0.1) is 0 Å². The van der Waals surface area contributed by atoms with Gasteiger partial charge in [-0.15, -0.1) is 0 Å². The van der Waals surface area contributed by atoms with E-state index in [-0.39, 0.29) is 11.4 Å². The third-order valence-corrected chi connectivity index (χ3v) is 3.61. The molecule has 0 aromatic carbocycles. The second-order valence-corrected chi connectivity index (χ2v) is 6.06. The Hall–Kier alpha value is -0.220. The molecule has 0 aromatic rings. The third kappa shape index (κ3) is 5.42. The summed E-state index contributed by atoms with van der Waals surface area (Å²) < 4.78 is 0. The lowest BCUT2D eigenvalue weighted by molar-refractivity contribution is -0.131. The van der Waals surface area contributed by atoms with E-state index in [1.165, 1.54) is 5.75 Å². The van der Waals surface area contributed by atoms with Crippen LogP contribution in [0.2, 0.25) is 0 Å². The lowest BCUT2D eigenvalue weighted by atomic mass is 10.00. The summed E-state index contributed by atoms with van der Waals surface area (Å²) in [7, 11) is 0. The van der Waals surface area contributed by atoms with Crippen molar-refractivity contribution in [2.24, 2.45) is 5.73 Å². The van der Waals surface area contributed by atoms with Crippen molar-refractivity contribution in [1.82, 2.24) is 4.90 Å². The molecule has 0 radical (unpaired) electrons. The standard InChI is InChI=1S/C11H22N2OS/c1-11(2,12)5-4-10(14)13-6-3-8-15-9-7-13/h3-9,12H2,1-2H3. The van der Waals surface area contributed by atoms with E-state index in [2.05, 4.69) is 0 Å². The zero-order valence-electron chi connectivity index (χ0n) is 9.79. The van der Waals surface area contributed by atoms with Crippen molar-refractivity contribution in [3.05, 3.63) is 0 Å². The first kappa shape index (κ1) is 12.8. The molecule has 0 atom stereocenters. The van der Waals surface area contributed by atoms with Crippen LogP contribution in [0.4, 0.5) is 0 Å². The van der Waals surface area contributed by atoms with E-state index >= 15 is 0 Å². The number of nitrogens with two attached hydrogens (primary N) is 1. The van der Waals surface area contributed by atoms with Gasteiger partial charge in [-0.2, -0.15) is 11.8 Å². The predicted molar refractivity (Wildman–Crippen MR) is 66.0 cm³/mol. The fourth-order valence-electron chi connectivity index (χ4n) is 1.58. The number of hydrogen-bond acceptors (Lipinski definition) is 3. The van der Waals surface area contributed by atoms with E-state index in [9.17, 15) is 4.79 Å². The Morgan fingerprint density at radius 2 is 2.13 bits per heavy atom. The summed E-state index contributed by atoms with van der Waals surface area (Å²) in [4.78, 5) is 13.9. The molecule has 1 rings (SSSR count). The Balaban J connectivity index is 2.32. The first-order valence-electron chi connectivity index (χ1n) is 5.63. The fraction of sp³-hybridized carbons (Fsp3) is 0.909. The Morgan fingerprint density at radius 1 is 1.40 bits per heavy atom. The lowest BCUT2D eigenvalue weighted by Crippen LogP contribution is -2.37. The Labute approximate surface area is 96.8 Å². The molecule has 0 aromatic heterocycles. The molecule has 1 heterocycles. The summed E-state index contributed by atoms with van der Waals surface area (Å²) in [6, 6.07) is 0. The van der Waals surface area contributed by atoms with Crippen LogP contribution < -0.4 is 5.73 Å². The van der Waals surface area contributed by atoms with Gasteiger partial charge in [0.2, 0.25) is 5.91 Å². The van der Waals surface area contributed by atoms with Crippen LogP contribution in [0.3, 0.4) is 0 Å². The Morgan fingerprint density at radius 3 is 2.80 bits per heavy atom.